The van der Waals surface area contributed by atoms with Crippen LogP contribution in [0, 0.1) is 0 Å². The van der Waals surface area contributed by atoms with Crippen molar-refractivity contribution in [3.63, 3.8) is 0 Å². The van der Waals surface area contributed by atoms with Gasteiger partial charge in [0.2, 0.25) is 10.0 Å². The van der Waals surface area contributed by atoms with Gasteiger partial charge in [-0.15, -0.1) is 0 Å². The molecule has 1 fully saturated rings. The number of rotatable bonds is 2. The lowest BCUT2D eigenvalue weighted by Gasteiger charge is -2.30. The number of hydrogen-bond donors (Lipinski definition) is 0. The molecule has 1 aromatic carbocycles. The number of morpholine rings is 1. The number of sulfonamides is 1. The lowest BCUT2D eigenvalue weighted by Crippen LogP contribution is -2.44. The molecule has 0 saturated carbocycles. The summed E-state index contributed by atoms with van der Waals surface area (Å²) in [6.07, 6.45) is -0.0873. The zero-order valence-corrected chi connectivity index (χ0v) is 12.1. The van der Waals surface area contributed by atoms with E-state index in [4.69, 9.17) is 14.2 Å². The van der Waals surface area contributed by atoms with Crippen LogP contribution >= 0.6 is 0 Å². The zero-order valence-electron chi connectivity index (χ0n) is 11.2. The van der Waals surface area contributed by atoms with Gasteiger partial charge in [-0.1, -0.05) is 0 Å². The van der Waals surface area contributed by atoms with Crippen molar-refractivity contribution >= 4 is 10.0 Å². The molecule has 3 rings (SSSR count). The molecule has 0 bridgehead atoms. The molecule has 2 aliphatic heterocycles. The summed E-state index contributed by atoms with van der Waals surface area (Å²) in [7, 11) is -3.51. The van der Waals surface area contributed by atoms with Crippen LogP contribution in [-0.4, -0.2) is 51.7 Å². The normalized spacial score (nSPS) is 23.6. The monoisotopic (exact) mass is 299 g/mol. The quantitative estimate of drug-likeness (QED) is 0.810. The predicted octanol–water partition coefficient (Wildman–Crippen LogP) is 0.867. The van der Waals surface area contributed by atoms with Crippen LogP contribution in [0.1, 0.15) is 6.92 Å². The van der Waals surface area contributed by atoms with Crippen molar-refractivity contribution in [2.24, 2.45) is 0 Å². The van der Waals surface area contributed by atoms with E-state index in [1.54, 1.807) is 12.1 Å². The molecule has 7 heteroatoms. The van der Waals surface area contributed by atoms with Crippen molar-refractivity contribution in [2.75, 3.05) is 32.9 Å². The highest BCUT2D eigenvalue weighted by atomic mass is 32.2. The van der Waals surface area contributed by atoms with Crippen molar-refractivity contribution < 1.29 is 22.6 Å². The molecule has 1 atom stereocenters. The Labute approximate surface area is 118 Å². The standard InChI is InChI=1S/C13H17NO5S/c1-10-9-14(4-5-17-10)20(15,16)11-2-3-12-13(8-11)19-7-6-18-12/h2-3,8,10H,4-7,9H2,1H3. The minimum Gasteiger partial charge on any atom is -0.486 e. The molecular formula is C13H17NO5S. The van der Waals surface area contributed by atoms with E-state index in [0.717, 1.165) is 0 Å². The molecule has 2 heterocycles. The summed E-state index contributed by atoms with van der Waals surface area (Å²) in [5.41, 5.74) is 0. The average molecular weight is 299 g/mol. The summed E-state index contributed by atoms with van der Waals surface area (Å²) in [6.45, 7) is 3.96. The van der Waals surface area contributed by atoms with E-state index in [-0.39, 0.29) is 11.0 Å². The van der Waals surface area contributed by atoms with Gasteiger partial charge in [0.1, 0.15) is 13.2 Å². The Kier molecular flexibility index (Phi) is 3.57. The number of benzene rings is 1. The average Bonchev–Trinajstić information content (AvgIpc) is 2.46. The van der Waals surface area contributed by atoms with E-state index in [9.17, 15) is 8.42 Å². The third-order valence-corrected chi connectivity index (χ3v) is 5.22. The van der Waals surface area contributed by atoms with Crippen molar-refractivity contribution in [3.8, 4) is 11.5 Å². The minimum atomic E-state index is -3.51. The first kappa shape index (κ1) is 13.7. The molecule has 0 aliphatic carbocycles. The molecule has 110 valence electrons. The summed E-state index contributed by atoms with van der Waals surface area (Å²) < 4.78 is 42.9. The van der Waals surface area contributed by atoms with Gasteiger partial charge in [0.05, 0.1) is 17.6 Å². The summed E-state index contributed by atoms with van der Waals surface area (Å²) >= 11 is 0. The molecule has 1 aromatic rings. The highest BCUT2D eigenvalue weighted by Crippen LogP contribution is 2.33. The third-order valence-electron chi connectivity index (χ3n) is 3.36. The van der Waals surface area contributed by atoms with Crippen molar-refractivity contribution in [1.82, 2.24) is 4.31 Å². The Bertz CT molecular complexity index is 601. The smallest absolute Gasteiger partial charge is 0.243 e. The van der Waals surface area contributed by atoms with Gasteiger partial charge >= 0.3 is 0 Å². The number of hydrogen-bond acceptors (Lipinski definition) is 5. The molecule has 2 aliphatic rings. The van der Waals surface area contributed by atoms with Crippen LogP contribution in [0.2, 0.25) is 0 Å². The predicted molar refractivity (Wildman–Crippen MR) is 71.6 cm³/mol. The summed E-state index contributed by atoms with van der Waals surface area (Å²) in [4.78, 5) is 0.232. The molecule has 20 heavy (non-hydrogen) atoms. The lowest BCUT2D eigenvalue weighted by molar-refractivity contribution is 0.0102. The maximum absolute atomic E-state index is 12.6. The molecule has 6 nitrogen and oxygen atoms in total. The van der Waals surface area contributed by atoms with Gasteiger partial charge in [-0.05, 0) is 19.1 Å². The fourth-order valence-electron chi connectivity index (χ4n) is 2.34. The van der Waals surface area contributed by atoms with Crippen molar-refractivity contribution in [1.29, 1.82) is 0 Å². The van der Waals surface area contributed by atoms with Crippen LogP contribution in [0.3, 0.4) is 0 Å². The van der Waals surface area contributed by atoms with E-state index in [2.05, 4.69) is 0 Å². The Morgan fingerprint density at radius 3 is 2.65 bits per heavy atom. The summed E-state index contributed by atoms with van der Waals surface area (Å²) in [6, 6.07) is 4.73. The molecule has 0 amide bonds. The number of nitrogens with zero attached hydrogens (tertiary/aromatic N) is 1. The second kappa shape index (κ2) is 5.23. The van der Waals surface area contributed by atoms with E-state index in [0.29, 0.717) is 44.4 Å². The Hall–Kier alpha value is -1.31. The Morgan fingerprint density at radius 2 is 1.90 bits per heavy atom. The zero-order chi connectivity index (χ0) is 14.2. The first-order valence-corrected chi connectivity index (χ1v) is 8.03. The molecule has 1 unspecified atom stereocenters. The maximum Gasteiger partial charge on any atom is 0.243 e. The van der Waals surface area contributed by atoms with E-state index < -0.39 is 10.0 Å². The first-order valence-electron chi connectivity index (χ1n) is 6.59. The Balaban J connectivity index is 1.90. The lowest BCUT2D eigenvalue weighted by atomic mass is 10.3. The Morgan fingerprint density at radius 1 is 1.15 bits per heavy atom. The molecule has 1 saturated heterocycles. The second-order valence-electron chi connectivity index (χ2n) is 4.85. The van der Waals surface area contributed by atoms with Gasteiger partial charge in [0.25, 0.3) is 0 Å². The summed E-state index contributed by atoms with van der Waals surface area (Å²) in [5.74, 6) is 1.07. The van der Waals surface area contributed by atoms with Crippen LogP contribution in [0.4, 0.5) is 0 Å². The molecule has 0 N–H and O–H groups in total. The van der Waals surface area contributed by atoms with Crippen LogP contribution in [0.15, 0.2) is 23.1 Å². The minimum absolute atomic E-state index is 0.0873. The topological polar surface area (TPSA) is 65.1 Å². The van der Waals surface area contributed by atoms with Gasteiger partial charge < -0.3 is 14.2 Å². The highest BCUT2D eigenvalue weighted by Gasteiger charge is 2.30. The highest BCUT2D eigenvalue weighted by molar-refractivity contribution is 7.89. The van der Waals surface area contributed by atoms with Crippen molar-refractivity contribution in [2.45, 2.75) is 17.9 Å². The van der Waals surface area contributed by atoms with E-state index in [1.807, 2.05) is 6.92 Å². The molecule has 0 aromatic heterocycles. The van der Waals surface area contributed by atoms with Gasteiger partial charge in [-0.2, -0.15) is 4.31 Å². The largest absolute Gasteiger partial charge is 0.486 e. The summed E-state index contributed by atoms with van der Waals surface area (Å²) in [5, 5.41) is 0. The fourth-order valence-corrected chi connectivity index (χ4v) is 3.85. The van der Waals surface area contributed by atoms with Crippen LogP contribution in [-0.2, 0) is 14.8 Å². The molecule has 0 spiro atoms. The van der Waals surface area contributed by atoms with Gasteiger partial charge in [0.15, 0.2) is 11.5 Å². The van der Waals surface area contributed by atoms with Crippen LogP contribution in [0.25, 0.3) is 0 Å². The second-order valence-corrected chi connectivity index (χ2v) is 6.79. The van der Waals surface area contributed by atoms with Crippen molar-refractivity contribution in [3.05, 3.63) is 18.2 Å². The van der Waals surface area contributed by atoms with E-state index in [1.165, 1.54) is 10.4 Å². The third kappa shape index (κ3) is 2.48. The van der Waals surface area contributed by atoms with Crippen LogP contribution in [0.5, 0.6) is 11.5 Å². The van der Waals surface area contributed by atoms with Gasteiger partial charge in [-0.3, -0.25) is 0 Å². The fraction of sp³-hybridized carbons (Fsp3) is 0.538. The van der Waals surface area contributed by atoms with E-state index >= 15 is 0 Å². The molecular weight excluding hydrogens is 282 g/mol. The molecule has 0 radical (unpaired) electrons. The van der Waals surface area contributed by atoms with Gasteiger partial charge in [-0.25, -0.2) is 8.42 Å². The maximum atomic E-state index is 12.6. The number of fused-ring (bicyclic) bond motifs is 1. The van der Waals surface area contributed by atoms with Crippen LogP contribution < -0.4 is 9.47 Å². The number of ether oxygens (including phenoxy) is 3. The SMILES string of the molecule is CC1CN(S(=O)(=O)c2ccc3c(c2)OCCO3)CCO1. The first-order chi connectivity index (χ1) is 9.57. The van der Waals surface area contributed by atoms with Gasteiger partial charge in [0, 0.05) is 19.2 Å².